The summed E-state index contributed by atoms with van der Waals surface area (Å²) in [5, 5.41) is 30.2. The Labute approximate surface area is 211 Å². The maximum absolute atomic E-state index is 13.2. The Morgan fingerprint density at radius 1 is 1.08 bits per heavy atom. The van der Waals surface area contributed by atoms with Gasteiger partial charge in [-0.3, -0.25) is 20.0 Å². The summed E-state index contributed by atoms with van der Waals surface area (Å²) in [6, 6.07) is 15.6. The van der Waals surface area contributed by atoms with Gasteiger partial charge in [0.15, 0.2) is 5.72 Å². The SMILES string of the molecule is O=C(O)C(F)(F)F.O=C(O)Nc1nc2cc(C3(O)c4ccccc4C(=O)N3Cc3cccnc3)ccc2[nH]1. The van der Waals surface area contributed by atoms with Gasteiger partial charge < -0.3 is 20.3 Å². The number of carbonyl (C=O) groups excluding carboxylic acids is 1. The van der Waals surface area contributed by atoms with Crippen LogP contribution in [0.4, 0.5) is 23.9 Å². The van der Waals surface area contributed by atoms with E-state index in [9.17, 15) is 27.9 Å². The number of amides is 2. The van der Waals surface area contributed by atoms with Crippen molar-refractivity contribution in [2.45, 2.75) is 18.4 Å². The lowest BCUT2D eigenvalue weighted by Crippen LogP contribution is -2.44. The van der Waals surface area contributed by atoms with Crippen molar-refractivity contribution in [2.24, 2.45) is 0 Å². The number of nitrogens with one attached hydrogen (secondary N) is 2. The van der Waals surface area contributed by atoms with Crippen molar-refractivity contribution in [3.63, 3.8) is 0 Å². The number of aliphatic carboxylic acids is 1. The van der Waals surface area contributed by atoms with Crippen molar-refractivity contribution in [2.75, 3.05) is 5.32 Å². The fourth-order valence-electron chi connectivity index (χ4n) is 3.97. The summed E-state index contributed by atoms with van der Waals surface area (Å²) in [6.45, 7) is 0.155. The zero-order valence-corrected chi connectivity index (χ0v) is 19.1. The lowest BCUT2D eigenvalue weighted by Gasteiger charge is -2.35. The number of H-pyrrole nitrogens is 1. The number of aliphatic hydroxyl groups is 1. The first-order chi connectivity index (χ1) is 17.9. The maximum Gasteiger partial charge on any atom is 0.490 e. The summed E-state index contributed by atoms with van der Waals surface area (Å²) >= 11 is 0. The number of nitrogens with zero attached hydrogens (tertiary/aromatic N) is 3. The minimum Gasteiger partial charge on any atom is -0.475 e. The van der Waals surface area contributed by atoms with E-state index < -0.39 is 24.0 Å². The average Bonchev–Trinajstić information content (AvgIpc) is 3.36. The standard InChI is InChI=1S/C22H17N5O4.C2HF3O2/c28-19-15-5-1-2-6-16(15)22(31,27(19)12-13-4-3-9-23-11-13)14-7-8-17-18(10-14)25-20(24-17)26-21(29)30;3-2(4,5)1(6)7/h1-11,31H,12H2,(H,29,30)(H2,24,25,26);(H,6,7). The number of alkyl halides is 3. The summed E-state index contributed by atoms with van der Waals surface area (Å²) in [6.07, 6.45) is -3.03. The summed E-state index contributed by atoms with van der Waals surface area (Å²) in [5.74, 6) is -2.98. The van der Waals surface area contributed by atoms with Crippen molar-refractivity contribution in [1.82, 2.24) is 19.9 Å². The van der Waals surface area contributed by atoms with E-state index in [2.05, 4.69) is 20.3 Å². The van der Waals surface area contributed by atoms with Crippen molar-refractivity contribution in [1.29, 1.82) is 0 Å². The summed E-state index contributed by atoms with van der Waals surface area (Å²) in [5.41, 5.74) is 1.43. The van der Waals surface area contributed by atoms with Crippen LogP contribution in [-0.4, -0.2) is 59.3 Å². The van der Waals surface area contributed by atoms with Crippen molar-refractivity contribution in [3.8, 4) is 0 Å². The van der Waals surface area contributed by atoms with Crippen LogP contribution in [0.2, 0.25) is 0 Å². The normalized spacial score (nSPS) is 16.5. The number of carboxylic acid groups (broad SMARTS) is 2. The second-order valence-corrected chi connectivity index (χ2v) is 8.02. The zero-order valence-electron chi connectivity index (χ0n) is 19.1. The second-order valence-electron chi connectivity index (χ2n) is 8.02. The van der Waals surface area contributed by atoms with Gasteiger partial charge in [0.1, 0.15) is 0 Å². The summed E-state index contributed by atoms with van der Waals surface area (Å²) in [7, 11) is 0. The molecule has 2 aromatic carbocycles. The molecule has 0 radical (unpaired) electrons. The minimum absolute atomic E-state index is 0.0711. The molecule has 1 aliphatic heterocycles. The van der Waals surface area contributed by atoms with Crippen molar-refractivity contribution < 1.29 is 42.9 Å². The van der Waals surface area contributed by atoms with Gasteiger partial charge in [0.05, 0.1) is 17.6 Å². The van der Waals surface area contributed by atoms with Gasteiger partial charge in [-0.25, -0.2) is 14.6 Å². The predicted octanol–water partition coefficient (Wildman–Crippen LogP) is 3.53. The molecule has 3 heterocycles. The number of carbonyl (C=O) groups is 3. The third-order valence-electron chi connectivity index (χ3n) is 5.59. The Morgan fingerprint density at radius 2 is 1.79 bits per heavy atom. The molecule has 5 N–H and O–H groups in total. The van der Waals surface area contributed by atoms with Gasteiger partial charge in [0.25, 0.3) is 5.91 Å². The molecule has 1 aliphatic rings. The molecule has 38 heavy (non-hydrogen) atoms. The third-order valence-corrected chi connectivity index (χ3v) is 5.59. The number of pyridine rings is 1. The number of benzene rings is 2. The highest BCUT2D eigenvalue weighted by Gasteiger charge is 2.49. The number of aromatic nitrogens is 3. The fourth-order valence-corrected chi connectivity index (χ4v) is 3.97. The predicted molar refractivity (Wildman–Crippen MR) is 125 cm³/mol. The van der Waals surface area contributed by atoms with Crippen molar-refractivity contribution >= 4 is 35.0 Å². The van der Waals surface area contributed by atoms with Crippen LogP contribution in [-0.2, 0) is 17.1 Å². The molecule has 4 aromatic rings. The quantitative estimate of drug-likeness (QED) is 0.267. The Hall–Kier alpha value is -4.98. The number of rotatable bonds is 4. The highest BCUT2D eigenvalue weighted by atomic mass is 19.4. The Balaban J connectivity index is 0.000000426. The van der Waals surface area contributed by atoms with Crippen LogP contribution in [0.1, 0.15) is 27.0 Å². The summed E-state index contributed by atoms with van der Waals surface area (Å²) < 4.78 is 31.7. The first-order valence-electron chi connectivity index (χ1n) is 10.7. The topological polar surface area (TPSA) is 169 Å². The number of hydrogen-bond acceptors (Lipinski definition) is 6. The Bertz CT molecular complexity index is 1530. The molecule has 11 nitrogen and oxygen atoms in total. The smallest absolute Gasteiger partial charge is 0.475 e. The number of aromatic amines is 1. The zero-order chi connectivity index (χ0) is 27.7. The molecule has 5 rings (SSSR count). The van der Waals surface area contributed by atoms with E-state index >= 15 is 0 Å². The van der Waals surface area contributed by atoms with Gasteiger partial charge in [-0.1, -0.05) is 30.3 Å². The van der Waals surface area contributed by atoms with Gasteiger partial charge in [-0.05, 0) is 29.8 Å². The lowest BCUT2D eigenvalue weighted by molar-refractivity contribution is -0.192. The molecule has 1 unspecified atom stereocenters. The molecule has 0 aliphatic carbocycles. The average molecular weight is 529 g/mol. The van der Waals surface area contributed by atoms with Crippen LogP contribution >= 0.6 is 0 Å². The molecule has 14 heteroatoms. The van der Waals surface area contributed by atoms with E-state index in [1.54, 1.807) is 60.9 Å². The summed E-state index contributed by atoms with van der Waals surface area (Å²) in [4.78, 5) is 45.6. The molecule has 0 bridgehead atoms. The lowest BCUT2D eigenvalue weighted by atomic mass is 9.93. The monoisotopic (exact) mass is 529 g/mol. The Morgan fingerprint density at radius 3 is 2.42 bits per heavy atom. The van der Waals surface area contributed by atoms with Crippen LogP contribution in [0.15, 0.2) is 67.0 Å². The molecule has 0 fully saturated rings. The maximum atomic E-state index is 13.2. The van der Waals surface area contributed by atoms with Crippen LogP contribution in [0.5, 0.6) is 0 Å². The minimum atomic E-state index is -5.08. The van der Waals surface area contributed by atoms with E-state index in [0.29, 0.717) is 27.7 Å². The first kappa shape index (κ1) is 26.1. The molecule has 2 aromatic heterocycles. The molecule has 196 valence electrons. The highest BCUT2D eigenvalue weighted by molar-refractivity contribution is 6.00. The van der Waals surface area contributed by atoms with E-state index in [1.807, 2.05) is 6.07 Å². The van der Waals surface area contributed by atoms with Gasteiger partial charge in [-0.15, -0.1) is 0 Å². The Kier molecular flexibility index (Phi) is 6.74. The van der Waals surface area contributed by atoms with Gasteiger partial charge in [-0.2, -0.15) is 13.2 Å². The first-order valence-corrected chi connectivity index (χ1v) is 10.7. The molecule has 2 amide bonds. The van der Waals surface area contributed by atoms with E-state index in [0.717, 1.165) is 5.56 Å². The van der Waals surface area contributed by atoms with Crippen LogP contribution < -0.4 is 5.32 Å². The largest absolute Gasteiger partial charge is 0.490 e. The van der Waals surface area contributed by atoms with E-state index in [1.165, 1.54) is 4.90 Å². The van der Waals surface area contributed by atoms with Crippen molar-refractivity contribution in [3.05, 3.63) is 89.2 Å². The van der Waals surface area contributed by atoms with Crippen LogP contribution in [0.3, 0.4) is 0 Å². The number of halogens is 3. The number of anilines is 1. The third kappa shape index (κ3) is 4.97. The molecule has 0 spiro atoms. The van der Waals surface area contributed by atoms with E-state index in [4.69, 9.17) is 15.0 Å². The number of fused-ring (bicyclic) bond motifs is 2. The molecule has 1 atom stereocenters. The highest BCUT2D eigenvalue weighted by Crippen LogP contribution is 2.43. The van der Waals surface area contributed by atoms with Crippen LogP contribution in [0, 0.1) is 0 Å². The molecular weight excluding hydrogens is 511 g/mol. The van der Waals surface area contributed by atoms with Crippen LogP contribution in [0.25, 0.3) is 11.0 Å². The number of imidazole rings is 1. The van der Waals surface area contributed by atoms with Gasteiger partial charge in [0, 0.05) is 29.1 Å². The number of hydrogen-bond donors (Lipinski definition) is 5. The van der Waals surface area contributed by atoms with E-state index in [-0.39, 0.29) is 18.4 Å². The number of carboxylic acids is 1. The second kappa shape index (κ2) is 9.82. The molecular formula is C24H18F3N5O6. The fraction of sp³-hybridized carbons (Fsp3) is 0.125. The molecule has 0 saturated carbocycles. The van der Waals surface area contributed by atoms with Gasteiger partial charge in [0.2, 0.25) is 5.95 Å². The van der Waals surface area contributed by atoms with Gasteiger partial charge >= 0.3 is 18.2 Å². The molecule has 0 saturated heterocycles.